The summed E-state index contributed by atoms with van der Waals surface area (Å²) >= 11 is 0. The molecular formula is C9H17Cl3N4. The summed E-state index contributed by atoms with van der Waals surface area (Å²) in [5, 5.41) is 0. The van der Waals surface area contributed by atoms with Gasteiger partial charge in [0.05, 0.1) is 25.6 Å². The van der Waals surface area contributed by atoms with E-state index in [9.17, 15) is 0 Å². The summed E-state index contributed by atoms with van der Waals surface area (Å²) in [5.41, 5.74) is 6.45. The Hall–Kier alpha value is -0.130. The van der Waals surface area contributed by atoms with Gasteiger partial charge in [-0.15, -0.1) is 0 Å². The Morgan fingerprint density at radius 3 is 2.75 bits per heavy atom. The van der Waals surface area contributed by atoms with Crippen LogP contribution in [0, 0.1) is 0 Å². The summed E-state index contributed by atoms with van der Waals surface area (Å²) in [5.74, 6) is 0.998. The van der Waals surface area contributed by atoms with Crippen LogP contribution in [-0.2, 0) is 19.5 Å². The standard InChI is InChI=1S/C9H14N4.3ClH/c1-13-3-2-8-7(6-13)5-11-9(4-10)12-8;;;/h5H,2-4,6,10H2,1H3;3*1H. The molecule has 2 rings (SSSR count). The Balaban J connectivity index is 0. The zero-order valence-corrected chi connectivity index (χ0v) is 11.5. The van der Waals surface area contributed by atoms with Crippen LogP contribution >= 0.6 is 0 Å². The van der Waals surface area contributed by atoms with Gasteiger partial charge < -0.3 is 47.9 Å². The number of nitrogens with one attached hydrogen (secondary N) is 2. The van der Waals surface area contributed by atoms with Crippen molar-refractivity contribution in [2.24, 2.45) is 0 Å². The van der Waals surface area contributed by atoms with Crippen molar-refractivity contribution in [2.45, 2.75) is 19.5 Å². The van der Waals surface area contributed by atoms with Crippen LogP contribution in [0.15, 0.2) is 6.20 Å². The number of fused-ring (bicyclic) bond motifs is 1. The normalized spacial score (nSPS) is 17.2. The highest BCUT2D eigenvalue weighted by Gasteiger charge is 2.23. The molecule has 0 spiro atoms. The summed E-state index contributed by atoms with van der Waals surface area (Å²) in [6.45, 7) is 3.03. The van der Waals surface area contributed by atoms with Gasteiger partial charge in [-0.2, -0.15) is 0 Å². The van der Waals surface area contributed by atoms with Crippen LogP contribution in [0.4, 0.5) is 0 Å². The fourth-order valence-electron chi connectivity index (χ4n) is 1.76. The summed E-state index contributed by atoms with van der Waals surface area (Å²) in [4.78, 5) is 9.27. The molecule has 0 fully saturated rings. The third kappa shape index (κ3) is 4.03. The third-order valence-electron chi connectivity index (χ3n) is 2.57. The monoisotopic (exact) mass is 286 g/mol. The molecule has 0 aliphatic carbocycles. The van der Waals surface area contributed by atoms with E-state index in [1.165, 1.54) is 17.8 Å². The first-order chi connectivity index (χ1) is 6.29. The Labute approximate surface area is 114 Å². The molecule has 0 saturated carbocycles. The van der Waals surface area contributed by atoms with Gasteiger partial charge in [-0.25, -0.2) is 4.98 Å². The average Bonchev–Trinajstić information content (AvgIpc) is 2.17. The van der Waals surface area contributed by atoms with E-state index < -0.39 is 0 Å². The summed E-state index contributed by atoms with van der Waals surface area (Å²) < 4.78 is 0. The maximum Gasteiger partial charge on any atom is 0.351 e. The van der Waals surface area contributed by atoms with Gasteiger partial charge in [-0.05, 0) is 4.98 Å². The second-order valence-corrected chi connectivity index (χ2v) is 3.70. The molecule has 0 saturated heterocycles. The molecule has 94 valence electrons. The van der Waals surface area contributed by atoms with Crippen molar-refractivity contribution in [1.29, 1.82) is 0 Å². The van der Waals surface area contributed by atoms with Gasteiger partial charge in [0.15, 0.2) is 12.2 Å². The first kappa shape index (κ1) is 18.2. The predicted molar refractivity (Wildman–Crippen MR) is 46.5 cm³/mol. The van der Waals surface area contributed by atoms with E-state index in [0.29, 0.717) is 0 Å². The quantitative estimate of drug-likeness (QED) is 0.530. The van der Waals surface area contributed by atoms with E-state index in [4.69, 9.17) is 0 Å². The number of H-pyrrole nitrogens is 1. The minimum atomic E-state index is 0. The number of rotatable bonds is 1. The van der Waals surface area contributed by atoms with Gasteiger partial charge in [-0.1, -0.05) is 0 Å². The average molecular weight is 288 g/mol. The van der Waals surface area contributed by atoms with Gasteiger partial charge in [-0.3, -0.25) is 0 Å². The molecule has 5 N–H and O–H groups in total. The van der Waals surface area contributed by atoms with E-state index in [1.807, 2.05) is 0 Å². The van der Waals surface area contributed by atoms with Gasteiger partial charge in [0, 0.05) is 0 Å². The molecule has 1 aliphatic heterocycles. The van der Waals surface area contributed by atoms with Crippen LogP contribution in [0.3, 0.4) is 0 Å². The zero-order valence-electron chi connectivity index (χ0n) is 9.19. The van der Waals surface area contributed by atoms with E-state index in [1.54, 1.807) is 4.90 Å². The van der Waals surface area contributed by atoms with E-state index in [0.717, 1.165) is 25.3 Å². The molecular weight excluding hydrogens is 270 g/mol. The Bertz CT molecular complexity index is 322. The summed E-state index contributed by atoms with van der Waals surface area (Å²) in [6, 6.07) is 0. The van der Waals surface area contributed by atoms with Crippen LogP contribution in [0.5, 0.6) is 0 Å². The second kappa shape index (κ2) is 8.03. The number of likely N-dealkylation sites (N-methyl/N-ethyl adjacent to an activating group) is 1. The highest BCUT2D eigenvalue weighted by molar-refractivity contribution is 5.15. The zero-order chi connectivity index (χ0) is 9.26. The first-order valence-electron chi connectivity index (χ1n) is 4.79. The fourth-order valence-corrected chi connectivity index (χ4v) is 1.76. The van der Waals surface area contributed by atoms with Crippen LogP contribution < -0.4 is 52.8 Å². The number of aromatic nitrogens is 2. The molecule has 0 bridgehead atoms. The smallest absolute Gasteiger partial charge is 0.351 e. The molecule has 4 nitrogen and oxygen atoms in total. The Morgan fingerprint density at radius 2 is 2.12 bits per heavy atom. The van der Waals surface area contributed by atoms with Crippen molar-refractivity contribution in [1.82, 2.24) is 4.98 Å². The molecule has 1 aromatic rings. The molecule has 1 atom stereocenters. The molecule has 0 amide bonds. The topological polar surface area (TPSA) is 59.1 Å². The Kier molecular flexibility index (Phi) is 9.16. The lowest BCUT2D eigenvalue weighted by Gasteiger charge is -2.17. The number of quaternary nitrogens is 2. The SMILES string of the molecule is C[NH+]1CCc2nc(C[NH3+])[nH+]cc2C1.[Cl-].[Cl-].[Cl-]. The van der Waals surface area contributed by atoms with Gasteiger partial charge in [0.2, 0.25) is 0 Å². The van der Waals surface area contributed by atoms with E-state index >= 15 is 0 Å². The molecule has 7 heteroatoms. The predicted octanol–water partition coefficient (Wildman–Crippen LogP) is -11.8. The van der Waals surface area contributed by atoms with Gasteiger partial charge >= 0.3 is 5.82 Å². The van der Waals surface area contributed by atoms with Gasteiger partial charge in [0.1, 0.15) is 12.7 Å². The van der Waals surface area contributed by atoms with Crippen LogP contribution in [0.2, 0.25) is 0 Å². The molecule has 1 aromatic heterocycles. The number of nitrogens with zero attached hydrogens (tertiary/aromatic N) is 1. The Morgan fingerprint density at radius 1 is 1.44 bits per heavy atom. The summed E-state index contributed by atoms with van der Waals surface area (Å²) in [7, 11) is 2.22. The highest BCUT2D eigenvalue weighted by atomic mass is 35.5. The largest absolute Gasteiger partial charge is 1.00 e. The third-order valence-corrected chi connectivity index (χ3v) is 2.57. The fraction of sp³-hybridized carbons (Fsp3) is 0.556. The van der Waals surface area contributed by atoms with Crippen molar-refractivity contribution in [3.63, 3.8) is 0 Å². The molecule has 0 radical (unpaired) electrons. The lowest BCUT2D eigenvalue weighted by atomic mass is 10.1. The minimum absolute atomic E-state index is 0. The molecule has 0 aromatic carbocycles. The van der Waals surface area contributed by atoms with Crippen molar-refractivity contribution in [3.8, 4) is 0 Å². The maximum atomic E-state index is 4.53. The van der Waals surface area contributed by atoms with Crippen molar-refractivity contribution in [3.05, 3.63) is 23.3 Å². The second-order valence-electron chi connectivity index (χ2n) is 3.70. The first-order valence-corrected chi connectivity index (χ1v) is 4.79. The van der Waals surface area contributed by atoms with E-state index in [2.05, 4.69) is 28.9 Å². The number of hydrogen-bond donors (Lipinski definition) is 2. The van der Waals surface area contributed by atoms with Crippen molar-refractivity contribution in [2.75, 3.05) is 13.6 Å². The number of halogens is 3. The highest BCUT2D eigenvalue weighted by Crippen LogP contribution is 2.04. The molecule has 2 heterocycles. The number of hydrogen-bond acceptors (Lipinski definition) is 1. The van der Waals surface area contributed by atoms with Crippen LogP contribution in [0.1, 0.15) is 17.1 Å². The van der Waals surface area contributed by atoms with Gasteiger partial charge in [0.25, 0.3) is 0 Å². The lowest BCUT2D eigenvalue weighted by Crippen LogP contribution is -3.08. The van der Waals surface area contributed by atoms with Crippen LogP contribution in [-0.4, -0.2) is 18.6 Å². The lowest BCUT2D eigenvalue weighted by molar-refractivity contribution is -0.896. The molecule has 1 aliphatic rings. The molecule has 1 unspecified atom stereocenters. The maximum absolute atomic E-state index is 4.53. The van der Waals surface area contributed by atoms with Crippen molar-refractivity contribution < 1.29 is 52.8 Å². The molecule has 16 heavy (non-hydrogen) atoms. The van der Waals surface area contributed by atoms with Crippen molar-refractivity contribution >= 4 is 0 Å². The minimum Gasteiger partial charge on any atom is -1.00 e. The number of aromatic amines is 1. The van der Waals surface area contributed by atoms with E-state index in [-0.39, 0.29) is 37.2 Å². The summed E-state index contributed by atoms with van der Waals surface area (Å²) in [6.07, 6.45) is 3.19. The van der Waals surface area contributed by atoms with Crippen LogP contribution in [0.25, 0.3) is 0 Å².